The average Bonchev–Trinajstić information content (AvgIpc) is 3.29. The summed E-state index contributed by atoms with van der Waals surface area (Å²) in [5.74, 6) is 0.360. The van der Waals surface area contributed by atoms with E-state index >= 15 is 0 Å². The van der Waals surface area contributed by atoms with Crippen LogP contribution in [0.5, 0.6) is 0 Å². The fraction of sp³-hybridized carbons (Fsp3) is 0.231. The zero-order valence-corrected chi connectivity index (χ0v) is 19.7. The van der Waals surface area contributed by atoms with Crippen LogP contribution in [0.2, 0.25) is 10.0 Å². The van der Waals surface area contributed by atoms with Gasteiger partial charge in [-0.15, -0.1) is 0 Å². The molecule has 2 heterocycles. The van der Waals surface area contributed by atoms with Crippen LogP contribution in [0.3, 0.4) is 0 Å². The molecule has 0 saturated carbocycles. The van der Waals surface area contributed by atoms with E-state index in [0.29, 0.717) is 45.8 Å². The number of furan rings is 1. The predicted molar refractivity (Wildman–Crippen MR) is 131 cm³/mol. The molecule has 2 amide bonds. The van der Waals surface area contributed by atoms with Gasteiger partial charge in [0.2, 0.25) is 0 Å². The van der Waals surface area contributed by atoms with E-state index in [1.165, 1.54) is 0 Å². The van der Waals surface area contributed by atoms with Gasteiger partial charge in [0.1, 0.15) is 17.2 Å². The molecular formula is C26H24Cl2N2O3. The molecule has 4 rings (SSSR count). The minimum atomic E-state index is -0.351. The highest BCUT2D eigenvalue weighted by atomic mass is 35.5. The molecule has 1 N–H and O–H groups in total. The summed E-state index contributed by atoms with van der Waals surface area (Å²) >= 11 is 12.4. The van der Waals surface area contributed by atoms with Crippen LogP contribution >= 0.6 is 23.2 Å². The van der Waals surface area contributed by atoms with Gasteiger partial charge in [0.25, 0.3) is 11.8 Å². The van der Waals surface area contributed by atoms with Crippen molar-refractivity contribution in [2.75, 3.05) is 13.1 Å². The zero-order valence-electron chi connectivity index (χ0n) is 18.2. The summed E-state index contributed by atoms with van der Waals surface area (Å²) in [6, 6.07) is 15.8. The molecule has 0 atom stereocenters. The average molecular weight is 483 g/mol. The smallest absolute Gasteiger partial charge is 0.270 e. The molecule has 0 radical (unpaired) electrons. The molecule has 0 unspecified atom stereocenters. The topological polar surface area (TPSA) is 62.6 Å². The number of hydrogen-bond donors (Lipinski definition) is 1. The summed E-state index contributed by atoms with van der Waals surface area (Å²) in [5, 5.41) is 3.83. The number of hydrogen-bond acceptors (Lipinski definition) is 3. The first-order valence-corrected chi connectivity index (χ1v) is 11.6. The van der Waals surface area contributed by atoms with E-state index in [1.54, 1.807) is 53.4 Å². The standard InChI is InChI=1S/C26H24Cl2N2O3/c1-17-5-7-18(8-6-17)25(31)29-23(26(32)30-13-3-2-4-14-30)16-20-10-12-24(33-20)21-15-19(27)9-11-22(21)28/h5-12,15-16H,2-4,13-14H2,1H3,(H,29,31). The normalized spacial score (nSPS) is 14.3. The quantitative estimate of drug-likeness (QED) is 0.431. The number of amides is 2. The molecule has 0 bridgehead atoms. The van der Waals surface area contributed by atoms with Gasteiger partial charge >= 0.3 is 0 Å². The Bertz CT molecular complexity index is 1190. The number of likely N-dealkylation sites (tertiary alicyclic amines) is 1. The van der Waals surface area contributed by atoms with E-state index < -0.39 is 0 Å². The third-order valence-corrected chi connectivity index (χ3v) is 6.11. The van der Waals surface area contributed by atoms with Gasteiger partial charge in [-0.3, -0.25) is 9.59 Å². The Morgan fingerprint density at radius 1 is 0.970 bits per heavy atom. The molecule has 7 heteroatoms. The highest BCUT2D eigenvalue weighted by Gasteiger charge is 2.23. The van der Waals surface area contributed by atoms with Crippen LogP contribution in [0.4, 0.5) is 0 Å². The molecule has 3 aromatic rings. The highest BCUT2D eigenvalue weighted by Crippen LogP contribution is 2.32. The molecule has 1 fully saturated rings. The third-order valence-electron chi connectivity index (χ3n) is 5.54. The minimum Gasteiger partial charge on any atom is -0.457 e. The molecule has 1 aliphatic rings. The Labute approximate surface area is 203 Å². The first-order chi connectivity index (χ1) is 15.9. The molecule has 2 aromatic carbocycles. The number of carbonyl (C=O) groups excluding carboxylic acids is 2. The van der Waals surface area contributed by atoms with Crippen molar-refractivity contribution >= 4 is 41.1 Å². The largest absolute Gasteiger partial charge is 0.457 e. The van der Waals surface area contributed by atoms with Gasteiger partial charge in [-0.05, 0) is 68.7 Å². The van der Waals surface area contributed by atoms with Crippen LogP contribution in [-0.2, 0) is 4.79 Å². The van der Waals surface area contributed by atoms with Gasteiger partial charge in [-0.1, -0.05) is 40.9 Å². The maximum atomic E-state index is 13.3. The van der Waals surface area contributed by atoms with Gasteiger partial charge in [-0.2, -0.15) is 0 Å². The van der Waals surface area contributed by atoms with Crippen molar-refractivity contribution < 1.29 is 14.0 Å². The molecule has 33 heavy (non-hydrogen) atoms. The number of carbonyl (C=O) groups is 2. The van der Waals surface area contributed by atoms with Crippen molar-refractivity contribution in [2.45, 2.75) is 26.2 Å². The van der Waals surface area contributed by atoms with Crippen LogP contribution in [0.25, 0.3) is 17.4 Å². The lowest BCUT2D eigenvalue weighted by molar-refractivity contribution is -0.128. The molecule has 170 valence electrons. The summed E-state index contributed by atoms with van der Waals surface area (Å²) < 4.78 is 5.94. The fourth-order valence-corrected chi connectivity index (χ4v) is 4.10. The summed E-state index contributed by atoms with van der Waals surface area (Å²) in [4.78, 5) is 27.9. The second-order valence-electron chi connectivity index (χ2n) is 8.06. The van der Waals surface area contributed by atoms with Crippen molar-refractivity contribution in [3.63, 3.8) is 0 Å². The van der Waals surface area contributed by atoms with Crippen LogP contribution in [0.1, 0.15) is 40.9 Å². The van der Waals surface area contributed by atoms with Gasteiger partial charge in [0, 0.05) is 35.3 Å². The van der Waals surface area contributed by atoms with Crippen molar-refractivity contribution in [1.82, 2.24) is 10.2 Å². The Kier molecular flexibility index (Phi) is 7.21. The van der Waals surface area contributed by atoms with E-state index in [9.17, 15) is 9.59 Å². The minimum absolute atomic E-state index is 0.167. The van der Waals surface area contributed by atoms with E-state index in [0.717, 1.165) is 24.8 Å². The number of halogens is 2. The van der Waals surface area contributed by atoms with E-state index in [4.69, 9.17) is 27.6 Å². The SMILES string of the molecule is Cc1ccc(C(=O)NC(=Cc2ccc(-c3cc(Cl)ccc3Cl)o2)C(=O)N2CCCCC2)cc1. The Hall–Kier alpha value is -3.02. The van der Waals surface area contributed by atoms with Crippen LogP contribution in [0, 0.1) is 6.92 Å². The number of aryl methyl sites for hydroxylation is 1. The summed E-state index contributed by atoms with van der Waals surface area (Å²) in [6.45, 7) is 3.28. The van der Waals surface area contributed by atoms with E-state index in [-0.39, 0.29) is 17.5 Å². The van der Waals surface area contributed by atoms with Gasteiger partial charge in [0.05, 0.1) is 5.02 Å². The van der Waals surface area contributed by atoms with Gasteiger partial charge < -0.3 is 14.6 Å². The first kappa shape index (κ1) is 23.1. The Morgan fingerprint density at radius 3 is 2.42 bits per heavy atom. The number of piperidine rings is 1. The molecule has 1 aliphatic heterocycles. The second kappa shape index (κ2) is 10.3. The zero-order chi connectivity index (χ0) is 23.4. The lowest BCUT2D eigenvalue weighted by Crippen LogP contribution is -2.41. The highest BCUT2D eigenvalue weighted by molar-refractivity contribution is 6.35. The van der Waals surface area contributed by atoms with E-state index in [2.05, 4.69) is 5.32 Å². The Balaban J connectivity index is 1.64. The number of nitrogens with zero attached hydrogens (tertiary/aromatic N) is 1. The second-order valence-corrected chi connectivity index (χ2v) is 8.90. The van der Waals surface area contributed by atoms with Crippen LogP contribution < -0.4 is 5.32 Å². The lowest BCUT2D eigenvalue weighted by Gasteiger charge is -2.27. The summed E-state index contributed by atoms with van der Waals surface area (Å²) in [5.41, 5.74) is 2.34. The van der Waals surface area contributed by atoms with Gasteiger partial charge in [-0.25, -0.2) is 0 Å². The molecule has 1 aromatic heterocycles. The van der Waals surface area contributed by atoms with Crippen LogP contribution in [-0.4, -0.2) is 29.8 Å². The van der Waals surface area contributed by atoms with E-state index in [1.807, 2.05) is 19.1 Å². The molecule has 5 nitrogen and oxygen atoms in total. The van der Waals surface area contributed by atoms with Gasteiger partial charge in [0.15, 0.2) is 0 Å². The monoisotopic (exact) mass is 482 g/mol. The van der Waals surface area contributed by atoms with Crippen molar-refractivity contribution in [1.29, 1.82) is 0 Å². The maximum absolute atomic E-state index is 13.3. The number of rotatable bonds is 5. The molecule has 0 aliphatic carbocycles. The van der Waals surface area contributed by atoms with Crippen LogP contribution in [0.15, 0.2) is 64.7 Å². The molecular weight excluding hydrogens is 459 g/mol. The summed E-state index contributed by atoms with van der Waals surface area (Å²) in [7, 11) is 0. The van der Waals surface area contributed by atoms with Crippen molar-refractivity contribution in [3.05, 3.63) is 87.2 Å². The number of nitrogens with one attached hydrogen (secondary N) is 1. The summed E-state index contributed by atoms with van der Waals surface area (Å²) in [6.07, 6.45) is 4.55. The Morgan fingerprint density at radius 2 is 1.70 bits per heavy atom. The fourth-order valence-electron chi connectivity index (χ4n) is 3.72. The predicted octanol–water partition coefficient (Wildman–Crippen LogP) is 6.35. The molecule has 1 saturated heterocycles. The lowest BCUT2D eigenvalue weighted by atomic mass is 10.1. The number of benzene rings is 2. The maximum Gasteiger partial charge on any atom is 0.270 e. The van der Waals surface area contributed by atoms with Crippen molar-refractivity contribution in [3.8, 4) is 11.3 Å². The third kappa shape index (κ3) is 5.67. The van der Waals surface area contributed by atoms with Crippen molar-refractivity contribution in [2.24, 2.45) is 0 Å². The molecule has 0 spiro atoms. The first-order valence-electron chi connectivity index (χ1n) is 10.8.